The minimum Gasteiger partial charge on any atom is -0.372 e. The Hall–Kier alpha value is -1.85. The van der Waals surface area contributed by atoms with Gasteiger partial charge in [0.2, 0.25) is 0 Å². The molecule has 0 spiro atoms. The van der Waals surface area contributed by atoms with Gasteiger partial charge in [-0.25, -0.2) is 0 Å². The van der Waals surface area contributed by atoms with Crippen LogP contribution in [0.15, 0.2) is 30.3 Å². The second kappa shape index (κ2) is 4.99. The van der Waals surface area contributed by atoms with Crippen molar-refractivity contribution in [2.24, 2.45) is 5.92 Å². The zero-order valence-corrected chi connectivity index (χ0v) is 8.82. The number of Topliss-reactive ketones (excluding diaryl/α,β-unsaturated/α-hetero) is 1. The van der Waals surface area contributed by atoms with Crippen molar-refractivity contribution in [2.75, 3.05) is 0 Å². The van der Waals surface area contributed by atoms with Crippen LogP contribution in [0.2, 0.25) is 0 Å². The SMILES string of the molecule is CC(C(=O)OC(F)(F)F)C(=O)c1ccccc1. The summed E-state index contributed by atoms with van der Waals surface area (Å²) in [5, 5.41) is 0. The Bertz CT molecular complexity index is 412. The van der Waals surface area contributed by atoms with Crippen molar-refractivity contribution in [1.29, 1.82) is 0 Å². The van der Waals surface area contributed by atoms with Crippen LogP contribution < -0.4 is 0 Å². The van der Waals surface area contributed by atoms with E-state index in [1.54, 1.807) is 18.2 Å². The molecule has 0 aliphatic heterocycles. The molecule has 17 heavy (non-hydrogen) atoms. The molecule has 0 saturated carbocycles. The number of ketones is 1. The van der Waals surface area contributed by atoms with Crippen molar-refractivity contribution in [2.45, 2.75) is 13.3 Å². The Morgan fingerprint density at radius 1 is 1.18 bits per heavy atom. The number of halogens is 3. The molecule has 0 radical (unpaired) electrons. The summed E-state index contributed by atoms with van der Waals surface area (Å²) < 4.78 is 38.5. The Kier molecular flexibility index (Phi) is 3.88. The first-order chi connectivity index (χ1) is 7.81. The summed E-state index contributed by atoms with van der Waals surface area (Å²) in [4.78, 5) is 22.6. The number of carbonyl (C=O) groups is 2. The van der Waals surface area contributed by atoms with E-state index in [0.717, 1.165) is 6.92 Å². The molecule has 0 saturated heterocycles. The fourth-order valence-electron chi connectivity index (χ4n) is 1.16. The minimum absolute atomic E-state index is 0.166. The summed E-state index contributed by atoms with van der Waals surface area (Å²) >= 11 is 0. The molecular weight excluding hydrogens is 237 g/mol. The number of alkyl halides is 3. The summed E-state index contributed by atoms with van der Waals surface area (Å²) in [6.07, 6.45) is -5.07. The van der Waals surface area contributed by atoms with Gasteiger partial charge in [0.1, 0.15) is 5.92 Å². The van der Waals surface area contributed by atoms with Gasteiger partial charge in [-0.3, -0.25) is 9.59 Å². The number of rotatable bonds is 3. The van der Waals surface area contributed by atoms with E-state index in [4.69, 9.17) is 0 Å². The Balaban J connectivity index is 2.74. The summed E-state index contributed by atoms with van der Waals surface area (Å²) in [6, 6.07) is 7.58. The van der Waals surface area contributed by atoms with Crippen molar-refractivity contribution in [3.63, 3.8) is 0 Å². The number of hydrogen-bond acceptors (Lipinski definition) is 3. The molecule has 1 aromatic carbocycles. The Morgan fingerprint density at radius 2 is 1.71 bits per heavy atom. The third-order valence-corrected chi connectivity index (χ3v) is 2.02. The highest BCUT2D eigenvalue weighted by Crippen LogP contribution is 2.20. The summed E-state index contributed by atoms with van der Waals surface area (Å²) in [5.41, 5.74) is 0.166. The van der Waals surface area contributed by atoms with Crippen LogP contribution in [0.25, 0.3) is 0 Å². The average Bonchev–Trinajstić information content (AvgIpc) is 2.26. The quantitative estimate of drug-likeness (QED) is 0.467. The molecular formula is C11H9F3O3. The monoisotopic (exact) mass is 246 g/mol. The molecule has 0 N–H and O–H groups in total. The van der Waals surface area contributed by atoms with Crippen LogP contribution in [-0.2, 0) is 9.53 Å². The molecule has 1 aromatic rings. The molecule has 6 heteroatoms. The maximum atomic E-state index is 11.8. The zero-order valence-electron chi connectivity index (χ0n) is 8.82. The lowest BCUT2D eigenvalue weighted by atomic mass is 10.00. The van der Waals surface area contributed by atoms with Crippen LogP contribution in [0.4, 0.5) is 13.2 Å². The van der Waals surface area contributed by atoms with Crippen molar-refractivity contribution < 1.29 is 27.5 Å². The highest BCUT2D eigenvalue weighted by molar-refractivity contribution is 6.08. The van der Waals surface area contributed by atoms with Gasteiger partial charge in [0, 0.05) is 5.56 Å². The molecule has 0 heterocycles. The highest BCUT2D eigenvalue weighted by atomic mass is 19.4. The first kappa shape index (κ1) is 13.2. The molecule has 0 aromatic heterocycles. The lowest BCUT2D eigenvalue weighted by Gasteiger charge is -2.11. The standard InChI is InChI=1S/C11H9F3O3/c1-7(10(16)17-11(12,13)14)9(15)8-5-3-2-4-6-8/h2-7H,1H3. The van der Waals surface area contributed by atoms with E-state index in [1.807, 2.05) is 0 Å². The molecule has 0 fully saturated rings. The normalized spacial score (nSPS) is 12.9. The predicted molar refractivity (Wildman–Crippen MR) is 52.1 cm³/mol. The van der Waals surface area contributed by atoms with Gasteiger partial charge in [0.05, 0.1) is 0 Å². The lowest BCUT2D eigenvalue weighted by molar-refractivity contribution is -0.306. The molecule has 1 rings (SSSR count). The van der Waals surface area contributed by atoms with E-state index in [-0.39, 0.29) is 5.56 Å². The molecule has 0 amide bonds. The molecule has 92 valence electrons. The van der Waals surface area contributed by atoms with E-state index in [0.29, 0.717) is 0 Å². The van der Waals surface area contributed by atoms with Crippen LogP contribution >= 0.6 is 0 Å². The Morgan fingerprint density at radius 3 is 2.18 bits per heavy atom. The fourth-order valence-corrected chi connectivity index (χ4v) is 1.16. The van der Waals surface area contributed by atoms with Crippen LogP contribution in [0.3, 0.4) is 0 Å². The number of benzene rings is 1. The molecule has 0 aliphatic rings. The molecule has 1 atom stereocenters. The predicted octanol–water partition coefficient (Wildman–Crippen LogP) is 2.57. The smallest absolute Gasteiger partial charge is 0.372 e. The van der Waals surface area contributed by atoms with Gasteiger partial charge in [-0.2, -0.15) is 0 Å². The van der Waals surface area contributed by atoms with E-state index in [9.17, 15) is 22.8 Å². The van der Waals surface area contributed by atoms with Crippen molar-refractivity contribution in [1.82, 2.24) is 0 Å². The Labute approximate surface area is 95.2 Å². The van der Waals surface area contributed by atoms with Gasteiger partial charge in [-0.1, -0.05) is 30.3 Å². The maximum Gasteiger partial charge on any atom is 0.575 e. The van der Waals surface area contributed by atoms with Gasteiger partial charge in [0.25, 0.3) is 0 Å². The van der Waals surface area contributed by atoms with Crippen LogP contribution in [0.5, 0.6) is 0 Å². The van der Waals surface area contributed by atoms with Crippen LogP contribution in [0, 0.1) is 5.92 Å². The highest BCUT2D eigenvalue weighted by Gasteiger charge is 2.37. The van der Waals surface area contributed by atoms with E-state index in [1.165, 1.54) is 12.1 Å². The second-order valence-corrected chi connectivity index (χ2v) is 3.32. The largest absolute Gasteiger partial charge is 0.575 e. The van der Waals surface area contributed by atoms with Crippen LogP contribution in [-0.4, -0.2) is 18.1 Å². The van der Waals surface area contributed by atoms with Crippen molar-refractivity contribution in [3.8, 4) is 0 Å². The summed E-state index contributed by atoms with van der Waals surface area (Å²) in [7, 11) is 0. The van der Waals surface area contributed by atoms with E-state index >= 15 is 0 Å². The number of carbonyl (C=O) groups excluding carboxylic acids is 2. The number of hydrogen-bond donors (Lipinski definition) is 0. The van der Waals surface area contributed by atoms with Crippen LogP contribution in [0.1, 0.15) is 17.3 Å². The summed E-state index contributed by atoms with van der Waals surface area (Å²) in [6.45, 7) is 1.07. The summed E-state index contributed by atoms with van der Waals surface area (Å²) in [5.74, 6) is -3.80. The lowest BCUT2D eigenvalue weighted by Crippen LogP contribution is -2.29. The molecule has 0 aliphatic carbocycles. The fraction of sp³-hybridized carbons (Fsp3) is 0.273. The topological polar surface area (TPSA) is 43.4 Å². The van der Waals surface area contributed by atoms with Crippen molar-refractivity contribution >= 4 is 11.8 Å². The average molecular weight is 246 g/mol. The van der Waals surface area contributed by atoms with E-state index < -0.39 is 24.0 Å². The van der Waals surface area contributed by atoms with Gasteiger partial charge in [0.15, 0.2) is 5.78 Å². The van der Waals surface area contributed by atoms with Gasteiger partial charge in [-0.05, 0) is 6.92 Å². The van der Waals surface area contributed by atoms with Gasteiger partial charge in [-0.15, -0.1) is 13.2 Å². The van der Waals surface area contributed by atoms with Gasteiger partial charge < -0.3 is 4.74 Å². The zero-order chi connectivity index (χ0) is 13.1. The third kappa shape index (κ3) is 3.90. The number of esters is 1. The van der Waals surface area contributed by atoms with Crippen molar-refractivity contribution in [3.05, 3.63) is 35.9 Å². The first-order valence-electron chi connectivity index (χ1n) is 4.70. The number of ether oxygens (including phenoxy) is 1. The minimum atomic E-state index is -5.07. The maximum absolute atomic E-state index is 11.8. The molecule has 0 bridgehead atoms. The molecule has 3 nitrogen and oxygen atoms in total. The third-order valence-electron chi connectivity index (χ3n) is 2.02. The van der Waals surface area contributed by atoms with Gasteiger partial charge >= 0.3 is 12.3 Å². The second-order valence-electron chi connectivity index (χ2n) is 3.32. The molecule has 1 unspecified atom stereocenters. The first-order valence-corrected chi connectivity index (χ1v) is 4.70. The van der Waals surface area contributed by atoms with E-state index in [2.05, 4.69) is 4.74 Å².